The van der Waals surface area contributed by atoms with E-state index >= 15 is 0 Å². The highest BCUT2D eigenvalue weighted by atomic mass is 16.6. The first-order valence-corrected chi connectivity index (χ1v) is 7.28. The molecule has 0 saturated heterocycles. The van der Waals surface area contributed by atoms with Crippen LogP contribution in [0.3, 0.4) is 0 Å². The fourth-order valence-corrected chi connectivity index (χ4v) is 1.87. The summed E-state index contributed by atoms with van der Waals surface area (Å²) in [5.41, 5.74) is 4.82. The summed E-state index contributed by atoms with van der Waals surface area (Å²) in [6.07, 6.45) is 1.53. The van der Waals surface area contributed by atoms with Gasteiger partial charge < -0.3 is 9.47 Å². The largest absolute Gasteiger partial charge is 0.482 e. The summed E-state index contributed by atoms with van der Waals surface area (Å²) in [7, 11) is 1.30. The molecule has 0 saturated carbocycles. The van der Waals surface area contributed by atoms with Crippen molar-refractivity contribution in [1.29, 1.82) is 0 Å². The number of aryl methyl sites for hydroxylation is 1. The Hall–Kier alpha value is -3.15. The predicted molar refractivity (Wildman–Crippen MR) is 90.2 cm³/mol. The van der Waals surface area contributed by atoms with Crippen LogP contribution in [0.1, 0.15) is 21.5 Å². The molecule has 0 aromatic heterocycles. The summed E-state index contributed by atoms with van der Waals surface area (Å²) in [6.45, 7) is 1.78. The minimum absolute atomic E-state index is 0.142. The number of hydrogen-bond acceptors (Lipinski definition) is 5. The zero-order valence-electron chi connectivity index (χ0n) is 13.5. The van der Waals surface area contributed by atoms with E-state index in [0.29, 0.717) is 11.3 Å². The number of amides is 1. The average Bonchev–Trinajstić information content (AvgIpc) is 2.60. The van der Waals surface area contributed by atoms with Crippen molar-refractivity contribution in [3.05, 3.63) is 65.2 Å². The molecule has 0 unspecified atom stereocenters. The van der Waals surface area contributed by atoms with Crippen molar-refractivity contribution in [2.24, 2.45) is 5.10 Å². The van der Waals surface area contributed by atoms with E-state index < -0.39 is 5.97 Å². The van der Waals surface area contributed by atoms with Crippen LogP contribution in [0.5, 0.6) is 5.75 Å². The molecule has 0 bridgehead atoms. The molecule has 6 heteroatoms. The van der Waals surface area contributed by atoms with Crippen molar-refractivity contribution in [2.75, 3.05) is 13.7 Å². The maximum absolute atomic E-state index is 11.9. The molecule has 0 radical (unpaired) electrons. The fourth-order valence-electron chi connectivity index (χ4n) is 1.87. The van der Waals surface area contributed by atoms with Gasteiger partial charge in [0, 0.05) is 5.56 Å². The highest BCUT2D eigenvalue weighted by Gasteiger charge is 2.03. The van der Waals surface area contributed by atoms with Crippen LogP contribution in [0.4, 0.5) is 0 Å². The molecule has 1 amide bonds. The second kappa shape index (κ2) is 8.47. The molecule has 0 aliphatic carbocycles. The average molecular weight is 326 g/mol. The van der Waals surface area contributed by atoms with E-state index in [9.17, 15) is 9.59 Å². The Balaban J connectivity index is 1.88. The summed E-state index contributed by atoms with van der Waals surface area (Å²) in [4.78, 5) is 22.9. The zero-order valence-corrected chi connectivity index (χ0v) is 13.5. The Morgan fingerprint density at radius 1 is 1.17 bits per heavy atom. The van der Waals surface area contributed by atoms with E-state index in [1.165, 1.54) is 13.3 Å². The van der Waals surface area contributed by atoms with Crippen LogP contribution in [-0.2, 0) is 9.53 Å². The lowest BCUT2D eigenvalue weighted by Gasteiger charge is -2.04. The van der Waals surface area contributed by atoms with Gasteiger partial charge in [-0.1, -0.05) is 17.7 Å². The summed E-state index contributed by atoms with van der Waals surface area (Å²) in [5, 5.41) is 3.93. The van der Waals surface area contributed by atoms with Crippen LogP contribution in [0.2, 0.25) is 0 Å². The van der Waals surface area contributed by atoms with Crippen molar-refractivity contribution in [1.82, 2.24) is 5.43 Å². The van der Waals surface area contributed by atoms with Gasteiger partial charge >= 0.3 is 5.97 Å². The van der Waals surface area contributed by atoms with Crippen LogP contribution >= 0.6 is 0 Å². The van der Waals surface area contributed by atoms with Crippen LogP contribution in [0.25, 0.3) is 0 Å². The molecule has 6 nitrogen and oxygen atoms in total. The molecule has 0 fully saturated rings. The Morgan fingerprint density at radius 2 is 1.92 bits per heavy atom. The molecular weight excluding hydrogens is 308 g/mol. The summed E-state index contributed by atoms with van der Waals surface area (Å²) < 4.78 is 9.73. The Labute approximate surface area is 140 Å². The number of methoxy groups -OCH3 is 1. The monoisotopic (exact) mass is 326 g/mol. The van der Waals surface area contributed by atoms with Gasteiger partial charge in [0.05, 0.1) is 13.3 Å². The summed E-state index contributed by atoms with van der Waals surface area (Å²) >= 11 is 0. The molecule has 0 heterocycles. The molecule has 0 aliphatic rings. The maximum atomic E-state index is 11.9. The Kier molecular flexibility index (Phi) is 6.08. The van der Waals surface area contributed by atoms with E-state index in [1.54, 1.807) is 36.4 Å². The third-order valence-electron chi connectivity index (χ3n) is 3.12. The first-order valence-electron chi connectivity index (χ1n) is 7.28. The minimum Gasteiger partial charge on any atom is -0.482 e. The highest BCUT2D eigenvalue weighted by molar-refractivity contribution is 5.95. The molecule has 2 aromatic carbocycles. The van der Waals surface area contributed by atoms with Gasteiger partial charge in [0.25, 0.3) is 5.91 Å². The number of rotatable bonds is 6. The number of carbonyl (C=O) groups is 2. The SMILES string of the molecule is COC(=O)COc1ccc(/C=N/NC(=O)c2cccc(C)c2)cc1. The van der Waals surface area contributed by atoms with Gasteiger partial charge in [0.1, 0.15) is 5.75 Å². The molecule has 24 heavy (non-hydrogen) atoms. The first kappa shape index (κ1) is 17.2. The van der Waals surface area contributed by atoms with Crippen LogP contribution < -0.4 is 10.2 Å². The number of carbonyl (C=O) groups excluding carboxylic acids is 2. The van der Waals surface area contributed by atoms with Crippen molar-refractivity contribution in [3.8, 4) is 5.75 Å². The smallest absolute Gasteiger partial charge is 0.343 e. The van der Waals surface area contributed by atoms with Crippen molar-refractivity contribution < 1.29 is 19.1 Å². The molecular formula is C18H18N2O4. The van der Waals surface area contributed by atoms with Gasteiger partial charge in [-0.25, -0.2) is 10.2 Å². The second-order valence-corrected chi connectivity index (χ2v) is 5.00. The molecule has 2 aromatic rings. The number of benzene rings is 2. The van der Waals surface area contributed by atoms with E-state index in [4.69, 9.17) is 4.74 Å². The van der Waals surface area contributed by atoms with Crippen molar-refractivity contribution >= 4 is 18.1 Å². The second-order valence-electron chi connectivity index (χ2n) is 5.00. The summed E-state index contributed by atoms with van der Waals surface area (Å²) in [5.74, 6) is -0.172. The number of nitrogens with one attached hydrogen (secondary N) is 1. The number of hydrazone groups is 1. The molecule has 0 aliphatic heterocycles. The van der Waals surface area contributed by atoms with Gasteiger partial charge in [-0.2, -0.15) is 5.10 Å². The van der Waals surface area contributed by atoms with Crippen LogP contribution in [0, 0.1) is 6.92 Å². The van der Waals surface area contributed by atoms with Gasteiger partial charge in [0.2, 0.25) is 0 Å². The van der Waals surface area contributed by atoms with Crippen LogP contribution in [-0.4, -0.2) is 31.8 Å². The third kappa shape index (κ3) is 5.24. The Bertz CT molecular complexity index is 739. The van der Waals surface area contributed by atoms with Gasteiger partial charge in [-0.3, -0.25) is 4.79 Å². The standard InChI is InChI=1S/C18H18N2O4/c1-13-4-3-5-15(10-13)18(22)20-19-11-14-6-8-16(9-7-14)24-12-17(21)23-2/h3-11H,12H2,1-2H3,(H,20,22)/b19-11+. The molecule has 0 atom stereocenters. The van der Waals surface area contributed by atoms with E-state index in [1.807, 2.05) is 19.1 Å². The zero-order chi connectivity index (χ0) is 17.4. The predicted octanol–water partition coefficient (Wildman–Crippen LogP) is 2.31. The normalized spacial score (nSPS) is 10.4. The van der Waals surface area contributed by atoms with Gasteiger partial charge in [0.15, 0.2) is 6.61 Å². The number of nitrogens with zero attached hydrogens (tertiary/aromatic N) is 1. The Morgan fingerprint density at radius 3 is 2.58 bits per heavy atom. The van der Waals surface area contributed by atoms with Crippen molar-refractivity contribution in [3.63, 3.8) is 0 Å². The van der Waals surface area contributed by atoms with Crippen LogP contribution in [0.15, 0.2) is 53.6 Å². The first-order chi connectivity index (χ1) is 11.6. The minimum atomic E-state index is -0.445. The van der Waals surface area contributed by atoms with E-state index in [2.05, 4.69) is 15.3 Å². The topological polar surface area (TPSA) is 77.0 Å². The lowest BCUT2D eigenvalue weighted by atomic mass is 10.1. The number of ether oxygens (including phenoxy) is 2. The van der Waals surface area contributed by atoms with E-state index in [-0.39, 0.29) is 12.5 Å². The molecule has 0 spiro atoms. The lowest BCUT2D eigenvalue weighted by Crippen LogP contribution is -2.17. The lowest BCUT2D eigenvalue weighted by molar-refractivity contribution is -0.142. The van der Waals surface area contributed by atoms with E-state index in [0.717, 1.165) is 11.1 Å². The highest BCUT2D eigenvalue weighted by Crippen LogP contribution is 2.11. The molecule has 2 rings (SSSR count). The maximum Gasteiger partial charge on any atom is 0.343 e. The quantitative estimate of drug-likeness (QED) is 0.502. The number of hydrogen-bond donors (Lipinski definition) is 1. The van der Waals surface area contributed by atoms with Gasteiger partial charge in [-0.15, -0.1) is 0 Å². The van der Waals surface area contributed by atoms with Gasteiger partial charge in [-0.05, 0) is 48.9 Å². The number of esters is 1. The molecule has 1 N–H and O–H groups in total. The summed E-state index contributed by atoms with van der Waals surface area (Å²) in [6, 6.07) is 14.2. The molecule has 124 valence electrons. The third-order valence-corrected chi connectivity index (χ3v) is 3.12. The fraction of sp³-hybridized carbons (Fsp3) is 0.167. The van der Waals surface area contributed by atoms with Crippen molar-refractivity contribution in [2.45, 2.75) is 6.92 Å².